The van der Waals surface area contributed by atoms with Crippen molar-refractivity contribution in [3.8, 4) is 11.5 Å². The predicted molar refractivity (Wildman–Crippen MR) is 90.1 cm³/mol. The Morgan fingerprint density at radius 2 is 1.86 bits per heavy atom. The van der Waals surface area contributed by atoms with E-state index in [1.54, 1.807) is 0 Å². The minimum Gasteiger partial charge on any atom is -0.506 e. The average Bonchev–Trinajstić information content (AvgIpc) is 2.71. The first kappa shape index (κ1) is 19.2. The van der Waals surface area contributed by atoms with Gasteiger partial charge in [0.2, 0.25) is 11.6 Å². The van der Waals surface area contributed by atoms with Crippen LogP contribution in [0.5, 0.6) is 11.5 Å². The van der Waals surface area contributed by atoms with Gasteiger partial charge in [-0.1, -0.05) is 0 Å². The third kappa shape index (κ3) is 2.19. The van der Waals surface area contributed by atoms with Crippen molar-refractivity contribution >= 4 is 23.6 Å². The van der Waals surface area contributed by atoms with Gasteiger partial charge in [-0.25, -0.2) is 4.79 Å². The van der Waals surface area contributed by atoms with Crippen LogP contribution >= 0.6 is 0 Å². The summed E-state index contributed by atoms with van der Waals surface area (Å²) in [5.74, 6) is -7.35. The molecular weight excluding hydrogens is 390 g/mol. The molecule has 0 radical (unpaired) electrons. The fourth-order valence-corrected chi connectivity index (χ4v) is 4.63. The van der Waals surface area contributed by atoms with Crippen LogP contribution in [0.15, 0.2) is 12.1 Å². The molecule has 1 amide bonds. The molecule has 3 aliphatic rings. The minimum absolute atomic E-state index is 0.308. The maximum absolute atomic E-state index is 13.4. The number of hydrogen-bond donors (Lipinski definition) is 5. The lowest BCUT2D eigenvalue weighted by Gasteiger charge is -2.47. The molecule has 1 saturated heterocycles. The molecule has 11 nitrogen and oxygen atoms in total. The van der Waals surface area contributed by atoms with Crippen molar-refractivity contribution in [2.24, 2.45) is 5.92 Å². The van der Waals surface area contributed by atoms with E-state index in [2.05, 4.69) is 5.32 Å². The Morgan fingerprint density at radius 1 is 1.21 bits per heavy atom. The van der Waals surface area contributed by atoms with Gasteiger partial charge in [-0.3, -0.25) is 14.4 Å². The van der Waals surface area contributed by atoms with E-state index in [9.17, 15) is 39.6 Å². The molecule has 2 heterocycles. The zero-order chi connectivity index (χ0) is 21.5. The first-order valence-electron chi connectivity index (χ1n) is 8.62. The molecule has 2 bridgehead atoms. The topological polar surface area (TPSA) is 180 Å². The second-order valence-corrected chi connectivity index (χ2v) is 7.74. The van der Waals surface area contributed by atoms with Gasteiger partial charge in [0, 0.05) is 0 Å². The van der Waals surface area contributed by atoms with E-state index in [1.807, 2.05) is 0 Å². The Balaban J connectivity index is 2.01. The Bertz CT molecular complexity index is 997. The number of hydrogen-bond acceptors (Lipinski definition) is 9. The van der Waals surface area contributed by atoms with E-state index in [1.165, 1.54) is 0 Å². The number of amides is 1. The number of phenols is 1. The van der Waals surface area contributed by atoms with Gasteiger partial charge < -0.3 is 35.2 Å². The number of carbonyl (C=O) groups excluding carboxylic acids is 3. The molecule has 0 unspecified atom stereocenters. The molecule has 29 heavy (non-hydrogen) atoms. The number of carboxylic acid groups (broad SMARTS) is 1. The summed E-state index contributed by atoms with van der Waals surface area (Å²) in [5, 5.41) is 44.2. The van der Waals surface area contributed by atoms with Gasteiger partial charge in [0.25, 0.3) is 0 Å². The number of aromatic hydroxyl groups is 1. The van der Waals surface area contributed by atoms with Crippen molar-refractivity contribution in [1.82, 2.24) is 5.32 Å². The van der Waals surface area contributed by atoms with Crippen molar-refractivity contribution in [1.29, 1.82) is 0 Å². The van der Waals surface area contributed by atoms with E-state index >= 15 is 0 Å². The molecule has 154 valence electrons. The second kappa shape index (κ2) is 5.45. The van der Waals surface area contributed by atoms with Crippen molar-refractivity contribution < 1.29 is 49.1 Å². The minimum atomic E-state index is -2.26. The first-order chi connectivity index (χ1) is 13.3. The Hall–Kier alpha value is -3.18. The number of ether oxygens (including phenoxy) is 2. The summed E-state index contributed by atoms with van der Waals surface area (Å²) in [6, 6.07) is 2.08. The number of esters is 1. The lowest BCUT2D eigenvalue weighted by Crippen LogP contribution is -2.72. The van der Waals surface area contributed by atoms with E-state index in [4.69, 9.17) is 9.47 Å². The molecule has 1 aliphatic carbocycles. The highest BCUT2D eigenvalue weighted by Gasteiger charge is 2.80. The maximum Gasteiger partial charge on any atom is 0.339 e. The number of nitrogens with one attached hydrogen (secondary N) is 1. The summed E-state index contributed by atoms with van der Waals surface area (Å²) in [4.78, 5) is 48.9. The molecule has 0 aromatic heterocycles. The van der Waals surface area contributed by atoms with Crippen LogP contribution in [0.25, 0.3) is 0 Å². The van der Waals surface area contributed by atoms with Gasteiger partial charge in [0.05, 0.1) is 0 Å². The van der Waals surface area contributed by atoms with Gasteiger partial charge in [0.1, 0.15) is 40.6 Å². The van der Waals surface area contributed by atoms with Crippen molar-refractivity contribution in [2.45, 2.75) is 43.3 Å². The third-order valence-corrected chi connectivity index (χ3v) is 5.81. The first-order valence-corrected chi connectivity index (χ1v) is 8.62. The van der Waals surface area contributed by atoms with Crippen LogP contribution < -0.4 is 10.1 Å². The van der Waals surface area contributed by atoms with Crippen LogP contribution in [-0.4, -0.2) is 67.1 Å². The van der Waals surface area contributed by atoms with Crippen LogP contribution in [-0.2, 0) is 14.3 Å². The van der Waals surface area contributed by atoms with Crippen molar-refractivity contribution in [3.05, 3.63) is 23.3 Å². The number of carbonyl (C=O) groups is 4. The highest BCUT2D eigenvalue weighted by Crippen LogP contribution is 2.57. The number of ketones is 1. The average molecular weight is 407 g/mol. The number of aliphatic hydroxyl groups is 2. The molecular formula is C18H17NO10. The van der Waals surface area contributed by atoms with E-state index in [-0.39, 0.29) is 5.75 Å². The second-order valence-electron chi connectivity index (χ2n) is 7.74. The zero-order valence-electron chi connectivity index (χ0n) is 15.3. The molecule has 11 heteroatoms. The number of benzene rings is 1. The van der Waals surface area contributed by atoms with Crippen molar-refractivity contribution in [2.75, 3.05) is 0 Å². The fraction of sp³-hybridized carbons (Fsp3) is 0.444. The summed E-state index contributed by atoms with van der Waals surface area (Å²) < 4.78 is 10.9. The predicted octanol–water partition coefficient (Wildman–Crippen LogP) is -1.07. The molecule has 2 aliphatic heterocycles. The summed E-state index contributed by atoms with van der Waals surface area (Å²) in [6.45, 7) is 2.25. The van der Waals surface area contributed by atoms with Gasteiger partial charge in [-0.15, -0.1) is 0 Å². The lowest BCUT2D eigenvalue weighted by molar-refractivity contribution is -0.204. The molecule has 1 aromatic rings. The number of carboxylic acids is 1. The highest BCUT2D eigenvalue weighted by molar-refractivity contribution is 6.09. The molecule has 5 atom stereocenters. The van der Waals surface area contributed by atoms with Crippen LogP contribution in [0.2, 0.25) is 0 Å². The third-order valence-electron chi connectivity index (χ3n) is 5.81. The van der Waals surface area contributed by atoms with Gasteiger partial charge in [0.15, 0.2) is 17.5 Å². The van der Waals surface area contributed by atoms with Gasteiger partial charge >= 0.3 is 11.9 Å². The van der Waals surface area contributed by atoms with Crippen LogP contribution in [0.3, 0.4) is 0 Å². The Morgan fingerprint density at radius 3 is 2.48 bits per heavy atom. The van der Waals surface area contributed by atoms with Gasteiger partial charge in [-0.05, 0) is 26.0 Å². The Kier molecular flexibility index (Phi) is 3.60. The summed E-state index contributed by atoms with van der Waals surface area (Å²) in [5.41, 5.74) is -7.84. The SMILES string of the molecule is C[C@]1(O)[C@H]2OC(=O)CC(=O)N[C@]3(Oc4ccc(C(=O)O)c(O)c4C(=O)[C@@H]13)[C@]2(C)O. The maximum atomic E-state index is 13.4. The summed E-state index contributed by atoms with van der Waals surface area (Å²) >= 11 is 0. The largest absolute Gasteiger partial charge is 0.506 e. The molecule has 5 N–H and O–H groups in total. The fourth-order valence-electron chi connectivity index (χ4n) is 4.63. The van der Waals surface area contributed by atoms with Crippen molar-refractivity contribution in [3.63, 3.8) is 0 Å². The zero-order valence-corrected chi connectivity index (χ0v) is 15.3. The van der Waals surface area contributed by atoms with E-state index in [0.29, 0.717) is 0 Å². The van der Waals surface area contributed by atoms with E-state index in [0.717, 1.165) is 26.0 Å². The molecule has 2 fully saturated rings. The van der Waals surface area contributed by atoms with E-state index < -0.39 is 75.9 Å². The normalized spacial score (nSPS) is 38.0. The molecule has 1 aromatic carbocycles. The Labute approximate surface area is 162 Å². The number of fused-ring (bicyclic) bond motifs is 2. The summed E-state index contributed by atoms with van der Waals surface area (Å²) in [6.07, 6.45) is -2.41. The number of rotatable bonds is 1. The number of aromatic carboxylic acids is 1. The molecule has 1 spiro atoms. The number of Topliss-reactive ketones (excluding diaryl/α,β-unsaturated/α-hetero) is 1. The standard InChI is InChI=1S/C18H17NO10/c1-16(26)13-12(23)10-7(4-3-6(11(10)22)14(24)25)29-18(13)17(2,27)15(16)28-9(21)5-8(20)19-18/h3-4,13,15,22,26-27H,5H2,1-2H3,(H,19,20)(H,24,25)/t13-,15+,16+,17+,18+/m0/s1. The molecule has 4 rings (SSSR count). The smallest absolute Gasteiger partial charge is 0.339 e. The monoisotopic (exact) mass is 407 g/mol. The quantitative estimate of drug-likeness (QED) is 0.284. The van der Waals surface area contributed by atoms with Crippen LogP contribution in [0.4, 0.5) is 0 Å². The van der Waals surface area contributed by atoms with Gasteiger partial charge in [-0.2, -0.15) is 0 Å². The molecule has 1 saturated carbocycles. The highest BCUT2D eigenvalue weighted by atomic mass is 16.6. The van der Waals surface area contributed by atoms with Crippen LogP contribution in [0.1, 0.15) is 41.0 Å². The summed E-state index contributed by atoms with van der Waals surface area (Å²) in [7, 11) is 0. The lowest BCUT2D eigenvalue weighted by atomic mass is 9.77. The van der Waals surface area contributed by atoms with Crippen LogP contribution in [0, 0.1) is 5.92 Å².